The Morgan fingerprint density at radius 2 is 1.60 bits per heavy atom. The van der Waals surface area contributed by atoms with Gasteiger partial charge in [0.15, 0.2) is 0 Å². The number of amides is 2. The lowest BCUT2D eigenvalue weighted by molar-refractivity contribution is -0.145. The van der Waals surface area contributed by atoms with Crippen LogP contribution in [-0.4, -0.2) is 30.9 Å². The van der Waals surface area contributed by atoms with Crippen LogP contribution < -0.4 is 10.6 Å². The standard InChI is InChI=1S/C22H24Cl2N2O4/c1-14(15-6-4-3-5-7-15)25-20(27)10-11-21(28)26-19(22(29)30-2)12-16-8-9-17(23)13-18(16)24/h3-9,13-14,19H,10-12H2,1-2H3,(H,25,27)(H,26,28)/t14-,19-/m1/s1. The zero-order valence-corrected chi connectivity index (χ0v) is 18.3. The molecule has 6 nitrogen and oxygen atoms in total. The highest BCUT2D eigenvalue weighted by Crippen LogP contribution is 2.22. The van der Waals surface area contributed by atoms with Crippen LogP contribution in [0, 0.1) is 0 Å². The molecule has 0 spiro atoms. The zero-order valence-electron chi connectivity index (χ0n) is 16.8. The molecule has 0 aliphatic rings. The van der Waals surface area contributed by atoms with E-state index in [-0.39, 0.29) is 31.2 Å². The Balaban J connectivity index is 1.89. The highest BCUT2D eigenvalue weighted by molar-refractivity contribution is 6.35. The van der Waals surface area contributed by atoms with Gasteiger partial charge in [-0.05, 0) is 30.2 Å². The van der Waals surface area contributed by atoms with Crippen LogP contribution in [0.4, 0.5) is 0 Å². The molecule has 2 amide bonds. The molecule has 0 aromatic heterocycles. The Morgan fingerprint density at radius 1 is 0.967 bits per heavy atom. The number of methoxy groups -OCH3 is 1. The van der Waals surface area contributed by atoms with Crippen LogP contribution in [0.25, 0.3) is 0 Å². The second kappa shape index (κ2) is 11.6. The Hall–Kier alpha value is -2.57. The van der Waals surface area contributed by atoms with Gasteiger partial charge in [-0.15, -0.1) is 0 Å². The van der Waals surface area contributed by atoms with E-state index in [0.717, 1.165) is 5.56 Å². The summed E-state index contributed by atoms with van der Waals surface area (Å²) < 4.78 is 4.77. The summed E-state index contributed by atoms with van der Waals surface area (Å²) in [6, 6.07) is 13.3. The third-order valence-corrected chi connectivity index (χ3v) is 5.10. The largest absolute Gasteiger partial charge is 0.467 e. The van der Waals surface area contributed by atoms with Crippen molar-refractivity contribution in [2.75, 3.05) is 7.11 Å². The molecule has 8 heteroatoms. The maximum absolute atomic E-state index is 12.3. The molecule has 2 aromatic carbocycles. The van der Waals surface area contributed by atoms with Crippen LogP contribution in [-0.2, 0) is 25.5 Å². The van der Waals surface area contributed by atoms with E-state index in [0.29, 0.717) is 15.6 Å². The van der Waals surface area contributed by atoms with Crippen LogP contribution in [0.5, 0.6) is 0 Å². The van der Waals surface area contributed by atoms with Crippen LogP contribution in [0.1, 0.15) is 36.9 Å². The quantitative estimate of drug-likeness (QED) is 0.568. The predicted octanol–water partition coefficient (Wildman–Crippen LogP) is 3.85. The number of nitrogens with one attached hydrogen (secondary N) is 2. The van der Waals surface area contributed by atoms with Crippen molar-refractivity contribution in [2.45, 2.75) is 38.3 Å². The van der Waals surface area contributed by atoms with Crippen molar-refractivity contribution in [1.82, 2.24) is 10.6 Å². The molecular weight excluding hydrogens is 427 g/mol. The lowest BCUT2D eigenvalue weighted by Crippen LogP contribution is -2.43. The summed E-state index contributed by atoms with van der Waals surface area (Å²) in [6.07, 6.45) is 0.0828. The molecule has 0 saturated heterocycles. The lowest BCUT2D eigenvalue weighted by atomic mass is 10.1. The van der Waals surface area contributed by atoms with E-state index in [2.05, 4.69) is 10.6 Å². The molecule has 30 heavy (non-hydrogen) atoms. The number of hydrogen-bond acceptors (Lipinski definition) is 4. The van der Waals surface area contributed by atoms with Gasteiger partial charge in [-0.3, -0.25) is 9.59 Å². The lowest BCUT2D eigenvalue weighted by Gasteiger charge is -2.18. The normalized spacial score (nSPS) is 12.5. The number of hydrogen-bond donors (Lipinski definition) is 2. The monoisotopic (exact) mass is 450 g/mol. The van der Waals surface area contributed by atoms with Gasteiger partial charge in [0.2, 0.25) is 11.8 Å². The maximum atomic E-state index is 12.3. The van der Waals surface area contributed by atoms with E-state index in [4.69, 9.17) is 27.9 Å². The summed E-state index contributed by atoms with van der Waals surface area (Å²) in [4.78, 5) is 36.6. The van der Waals surface area contributed by atoms with Crippen LogP contribution in [0.15, 0.2) is 48.5 Å². The van der Waals surface area contributed by atoms with Gasteiger partial charge in [0.1, 0.15) is 6.04 Å². The van der Waals surface area contributed by atoms with Gasteiger partial charge in [-0.2, -0.15) is 0 Å². The van der Waals surface area contributed by atoms with Gasteiger partial charge in [-0.1, -0.05) is 59.6 Å². The first-order valence-electron chi connectivity index (χ1n) is 9.45. The van der Waals surface area contributed by atoms with E-state index < -0.39 is 17.9 Å². The number of carbonyl (C=O) groups is 3. The van der Waals surface area contributed by atoms with E-state index in [9.17, 15) is 14.4 Å². The third-order valence-electron chi connectivity index (χ3n) is 4.52. The van der Waals surface area contributed by atoms with Gasteiger partial charge >= 0.3 is 5.97 Å². The van der Waals surface area contributed by atoms with Crippen molar-refractivity contribution in [1.29, 1.82) is 0 Å². The highest BCUT2D eigenvalue weighted by atomic mass is 35.5. The van der Waals surface area contributed by atoms with Gasteiger partial charge in [0.05, 0.1) is 13.2 Å². The third kappa shape index (κ3) is 7.35. The smallest absolute Gasteiger partial charge is 0.328 e. The van der Waals surface area contributed by atoms with Gasteiger partial charge in [0.25, 0.3) is 0 Å². The maximum Gasteiger partial charge on any atom is 0.328 e. The fourth-order valence-corrected chi connectivity index (χ4v) is 3.36. The Morgan fingerprint density at radius 3 is 2.20 bits per heavy atom. The SMILES string of the molecule is COC(=O)[C@@H](Cc1ccc(Cl)cc1Cl)NC(=O)CCC(=O)N[C@H](C)c1ccccc1. The summed E-state index contributed by atoms with van der Waals surface area (Å²) in [7, 11) is 1.24. The molecule has 0 bridgehead atoms. The van der Waals surface area contributed by atoms with Gasteiger partial charge < -0.3 is 15.4 Å². The molecule has 0 heterocycles. The molecule has 2 N–H and O–H groups in total. The van der Waals surface area contributed by atoms with Crippen molar-refractivity contribution in [3.63, 3.8) is 0 Å². The number of halogens is 2. The van der Waals surface area contributed by atoms with E-state index >= 15 is 0 Å². The fourth-order valence-electron chi connectivity index (χ4n) is 2.87. The molecule has 2 atom stereocenters. The molecule has 0 radical (unpaired) electrons. The summed E-state index contributed by atoms with van der Waals surface area (Å²) in [5.74, 6) is -1.29. The van der Waals surface area contributed by atoms with E-state index in [1.807, 2.05) is 37.3 Å². The molecule has 0 aliphatic carbocycles. The topological polar surface area (TPSA) is 84.5 Å². The average molecular weight is 451 g/mol. The van der Waals surface area contributed by atoms with Crippen molar-refractivity contribution in [2.24, 2.45) is 0 Å². The van der Waals surface area contributed by atoms with Crippen LogP contribution >= 0.6 is 23.2 Å². The summed E-state index contributed by atoms with van der Waals surface area (Å²) in [6.45, 7) is 1.87. The highest BCUT2D eigenvalue weighted by Gasteiger charge is 2.23. The number of benzene rings is 2. The van der Waals surface area contributed by atoms with Crippen LogP contribution in [0.2, 0.25) is 10.0 Å². The molecule has 0 unspecified atom stereocenters. The van der Waals surface area contributed by atoms with E-state index in [1.54, 1.807) is 18.2 Å². The number of rotatable bonds is 9. The Kier molecular flexibility index (Phi) is 9.15. The molecule has 0 aliphatic heterocycles. The minimum absolute atomic E-state index is 0.00139. The molecule has 0 saturated carbocycles. The van der Waals surface area contributed by atoms with Crippen molar-refractivity contribution in [3.8, 4) is 0 Å². The van der Waals surface area contributed by atoms with Crippen LogP contribution in [0.3, 0.4) is 0 Å². The number of carbonyl (C=O) groups excluding carboxylic acids is 3. The molecule has 0 fully saturated rings. The van der Waals surface area contributed by atoms with Gasteiger partial charge in [0, 0.05) is 29.3 Å². The summed E-state index contributed by atoms with van der Waals surface area (Å²) in [5, 5.41) is 6.32. The minimum atomic E-state index is -0.924. The fraction of sp³-hybridized carbons (Fsp3) is 0.318. The predicted molar refractivity (Wildman–Crippen MR) is 116 cm³/mol. The number of ether oxygens (including phenoxy) is 1. The Bertz CT molecular complexity index is 890. The van der Waals surface area contributed by atoms with Crippen molar-refractivity contribution >= 4 is 41.0 Å². The first-order valence-corrected chi connectivity index (χ1v) is 10.2. The molecular formula is C22H24Cl2N2O4. The van der Waals surface area contributed by atoms with Gasteiger partial charge in [-0.25, -0.2) is 4.79 Å². The zero-order chi connectivity index (χ0) is 22.1. The Labute approximate surface area is 185 Å². The first-order chi connectivity index (χ1) is 14.3. The van der Waals surface area contributed by atoms with Crippen molar-refractivity contribution < 1.29 is 19.1 Å². The minimum Gasteiger partial charge on any atom is -0.467 e. The van der Waals surface area contributed by atoms with Crippen molar-refractivity contribution in [3.05, 3.63) is 69.7 Å². The van der Waals surface area contributed by atoms with E-state index in [1.165, 1.54) is 7.11 Å². The molecule has 160 valence electrons. The molecule has 2 aromatic rings. The number of esters is 1. The first kappa shape index (κ1) is 23.7. The molecule has 2 rings (SSSR count). The second-order valence-electron chi connectivity index (χ2n) is 6.78. The summed E-state index contributed by atoms with van der Waals surface area (Å²) in [5.41, 5.74) is 1.62. The average Bonchev–Trinajstić information content (AvgIpc) is 2.73. The summed E-state index contributed by atoms with van der Waals surface area (Å²) >= 11 is 12.0. The second-order valence-corrected chi connectivity index (χ2v) is 7.63.